The number of amides is 2. The van der Waals surface area contributed by atoms with Gasteiger partial charge in [-0.3, -0.25) is 9.59 Å². The van der Waals surface area contributed by atoms with Crippen molar-refractivity contribution in [2.75, 3.05) is 12.4 Å². The summed E-state index contributed by atoms with van der Waals surface area (Å²) in [6, 6.07) is 11.2. The van der Waals surface area contributed by atoms with Crippen molar-refractivity contribution >= 4 is 39.6 Å². The normalized spacial score (nSPS) is 12.1. The lowest BCUT2D eigenvalue weighted by atomic mass is 9.97. The highest BCUT2D eigenvalue weighted by Crippen LogP contribution is 2.29. The summed E-state index contributed by atoms with van der Waals surface area (Å²) in [5.41, 5.74) is 5.96. The van der Waals surface area contributed by atoms with Gasteiger partial charge in [-0.05, 0) is 76.7 Å². The van der Waals surface area contributed by atoms with E-state index < -0.39 is 17.7 Å². The SMILES string of the molecule is COc1cc(C)c(C=NNC(=O)C(C)C(=O)Nc2ccccc2Br)cc1C(C)C. The Morgan fingerprint density at radius 3 is 2.45 bits per heavy atom. The van der Waals surface area contributed by atoms with Crippen LogP contribution in [0.4, 0.5) is 5.69 Å². The highest BCUT2D eigenvalue weighted by molar-refractivity contribution is 9.10. The van der Waals surface area contributed by atoms with E-state index in [1.54, 1.807) is 25.5 Å². The Morgan fingerprint density at radius 2 is 1.83 bits per heavy atom. The lowest BCUT2D eigenvalue weighted by Crippen LogP contribution is -2.34. The first-order valence-electron chi connectivity index (χ1n) is 9.31. The molecule has 1 unspecified atom stereocenters. The monoisotopic (exact) mass is 459 g/mol. The highest BCUT2D eigenvalue weighted by atomic mass is 79.9. The van der Waals surface area contributed by atoms with Crippen molar-refractivity contribution < 1.29 is 14.3 Å². The molecule has 0 aromatic heterocycles. The number of anilines is 1. The van der Waals surface area contributed by atoms with Crippen LogP contribution in [0.15, 0.2) is 46.0 Å². The summed E-state index contributed by atoms with van der Waals surface area (Å²) >= 11 is 3.36. The molecule has 2 N–H and O–H groups in total. The van der Waals surface area contributed by atoms with Crippen molar-refractivity contribution in [2.45, 2.75) is 33.6 Å². The van der Waals surface area contributed by atoms with E-state index in [4.69, 9.17) is 4.74 Å². The molecular weight excluding hydrogens is 434 g/mol. The Kier molecular flexibility index (Phi) is 7.96. The van der Waals surface area contributed by atoms with Crippen LogP contribution in [0.2, 0.25) is 0 Å². The molecule has 0 aliphatic heterocycles. The minimum absolute atomic E-state index is 0.285. The van der Waals surface area contributed by atoms with Gasteiger partial charge < -0.3 is 10.1 Å². The summed E-state index contributed by atoms with van der Waals surface area (Å²) in [6.45, 7) is 7.65. The fraction of sp³-hybridized carbons (Fsp3) is 0.318. The lowest BCUT2D eigenvalue weighted by molar-refractivity contribution is -0.131. The Hall–Kier alpha value is -2.67. The van der Waals surface area contributed by atoms with Crippen LogP contribution in [0.3, 0.4) is 0 Å². The molecule has 2 aromatic carbocycles. The zero-order valence-electron chi connectivity index (χ0n) is 17.2. The van der Waals surface area contributed by atoms with Gasteiger partial charge in [-0.2, -0.15) is 5.10 Å². The molecule has 0 bridgehead atoms. The average Bonchev–Trinajstić information content (AvgIpc) is 2.69. The standard InChI is InChI=1S/C22H26BrN3O3/c1-13(2)17-11-16(14(3)10-20(17)29-5)12-24-26-22(28)15(4)21(27)25-19-9-7-6-8-18(19)23/h6-13,15H,1-5H3,(H,25,27)(H,26,28). The number of carbonyl (C=O) groups excluding carboxylic acids is 2. The lowest BCUT2D eigenvalue weighted by Gasteiger charge is -2.14. The van der Waals surface area contributed by atoms with Gasteiger partial charge in [0, 0.05) is 4.47 Å². The van der Waals surface area contributed by atoms with E-state index in [-0.39, 0.29) is 5.92 Å². The Bertz CT molecular complexity index is 926. The molecule has 0 heterocycles. The Balaban J connectivity index is 2.04. The van der Waals surface area contributed by atoms with Crippen LogP contribution in [0, 0.1) is 12.8 Å². The summed E-state index contributed by atoms with van der Waals surface area (Å²) in [7, 11) is 1.65. The Labute approximate surface area is 179 Å². The zero-order chi connectivity index (χ0) is 21.6. The molecular formula is C22H26BrN3O3. The number of hydrogen-bond acceptors (Lipinski definition) is 4. The first-order chi connectivity index (χ1) is 13.7. The number of nitrogens with one attached hydrogen (secondary N) is 2. The number of nitrogens with zero attached hydrogens (tertiary/aromatic N) is 1. The summed E-state index contributed by atoms with van der Waals surface area (Å²) < 4.78 is 6.18. The molecule has 0 aliphatic carbocycles. The van der Waals surface area contributed by atoms with Gasteiger partial charge in [0.05, 0.1) is 19.0 Å². The highest BCUT2D eigenvalue weighted by Gasteiger charge is 2.21. The molecule has 0 radical (unpaired) electrons. The largest absolute Gasteiger partial charge is 0.496 e. The van der Waals surface area contributed by atoms with E-state index in [2.05, 4.69) is 45.6 Å². The van der Waals surface area contributed by atoms with Crippen LogP contribution in [0.5, 0.6) is 5.75 Å². The number of methoxy groups -OCH3 is 1. The predicted molar refractivity (Wildman–Crippen MR) is 119 cm³/mol. The number of aryl methyl sites for hydroxylation is 1. The van der Waals surface area contributed by atoms with E-state index in [0.29, 0.717) is 5.69 Å². The number of halogens is 1. The van der Waals surface area contributed by atoms with Crippen molar-refractivity contribution in [1.29, 1.82) is 0 Å². The molecule has 0 aliphatic rings. The first-order valence-corrected chi connectivity index (χ1v) is 10.1. The van der Waals surface area contributed by atoms with Crippen LogP contribution in [0.1, 0.15) is 43.4 Å². The van der Waals surface area contributed by atoms with Crippen LogP contribution < -0.4 is 15.5 Å². The Morgan fingerprint density at radius 1 is 1.14 bits per heavy atom. The number of para-hydroxylation sites is 1. The van der Waals surface area contributed by atoms with Gasteiger partial charge in [-0.25, -0.2) is 5.43 Å². The number of hydrogen-bond donors (Lipinski definition) is 2. The van der Waals surface area contributed by atoms with E-state index >= 15 is 0 Å². The summed E-state index contributed by atoms with van der Waals surface area (Å²) in [6.07, 6.45) is 1.58. The molecule has 29 heavy (non-hydrogen) atoms. The summed E-state index contributed by atoms with van der Waals surface area (Å²) in [5, 5.41) is 6.76. The third-order valence-electron chi connectivity index (χ3n) is 4.54. The van der Waals surface area contributed by atoms with Crippen molar-refractivity contribution in [1.82, 2.24) is 5.43 Å². The topological polar surface area (TPSA) is 79.8 Å². The molecule has 0 saturated carbocycles. The minimum atomic E-state index is -0.901. The molecule has 2 rings (SSSR count). The quantitative estimate of drug-likeness (QED) is 0.360. The van der Waals surface area contributed by atoms with Gasteiger partial charge in [0.1, 0.15) is 11.7 Å². The second kappa shape index (κ2) is 10.2. The van der Waals surface area contributed by atoms with E-state index in [1.807, 2.05) is 31.2 Å². The third-order valence-corrected chi connectivity index (χ3v) is 5.23. The number of carbonyl (C=O) groups is 2. The van der Waals surface area contributed by atoms with Crippen molar-refractivity contribution in [3.05, 3.63) is 57.6 Å². The average molecular weight is 460 g/mol. The fourth-order valence-electron chi connectivity index (χ4n) is 2.67. The molecule has 7 heteroatoms. The number of ether oxygens (including phenoxy) is 1. The van der Waals surface area contributed by atoms with Gasteiger partial charge in [-0.15, -0.1) is 0 Å². The van der Waals surface area contributed by atoms with E-state index in [9.17, 15) is 9.59 Å². The molecule has 154 valence electrons. The van der Waals surface area contributed by atoms with Crippen LogP contribution >= 0.6 is 15.9 Å². The van der Waals surface area contributed by atoms with E-state index in [1.165, 1.54) is 6.92 Å². The van der Waals surface area contributed by atoms with Crippen LogP contribution in [0.25, 0.3) is 0 Å². The van der Waals surface area contributed by atoms with Gasteiger partial charge >= 0.3 is 0 Å². The molecule has 2 amide bonds. The number of benzene rings is 2. The first kappa shape index (κ1) is 22.6. The zero-order valence-corrected chi connectivity index (χ0v) is 18.8. The smallest absolute Gasteiger partial charge is 0.252 e. The maximum atomic E-state index is 12.3. The number of hydrazone groups is 1. The van der Waals surface area contributed by atoms with Gasteiger partial charge in [0.15, 0.2) is 0 Å². The molecule has 1 atom stereocenters. The molecule has 0 saturated heterocycles. The van der Waals surface area contributed by atoms with Crippen LogP contribution in [-0.2, 0) is 9.59 Å². The van der Waals surface area contributed by atoms with Crippen molar-refractivity contribution in [3.63, 3.8) is 0 Å². The van der Waals surface area contributed by atoms with Gasteiger partial charge in [-0.1, -0.05) is 26.0 Å². The van der Waals surface area contributed by atoms with Crippen molar-refractivity contribution in [3.8, 4) is 5.75 Å². The van der Waals surface area contributed by atoms with Crippen LogP contribution in [-0.4, -0.2) is 25.1 Å². The minimum Gasteiger partial charge on any atom is -0.496 e. The maximum Gasteiger partial charge on any atom is 0.252 e. The number of rotatable bonds is 7. The van der Waals surface area contributed by atoms with Crippen molar-refractivity contribution in [2.24, 2.45) is 11.0 Å². The molecule has 6 nitrogen and oxygen atoms in total. The molecule has 0 fully saturated rings. The summed E-state index contributed by atoms with van der Waals surface area (Å²) in [4.78, 5) is 24.6. The van der Waals surface area contributed by atoms with E-state index in [0.717, 1.165) is 26.9 Å². The molecule has 2 aromatic rings. The van der Waals surface area contributed by atoms with Gasteiger partial charge in [0.25, 0.3) is 5.91 Å². The second-order valence-corrected chi connectivity index (χ2v) is 7.88. The maximum absolute atomic E-state index is 12.3. The second-order valence-electron chi connectivity index (χ2n) is 7.03. The fourth-order valence-corrected chi connectivity index (χ4v) is 3.05. The summed E-state index contributed by atoms with van der Waals surface area (Å²) in [5.74, 6) is -0.680. The predicted octanol–water partition coefficient (Wildman–Crippen LogP) is 4.61. The van der Waals surface area contributed by atoms with Gasteiger partial charge in [0.2, 0.25) is 5.91 Å². The third kappa shape index (κ3) is 5.90. The molecule has 0 spiro atoms.